The number of nitrogens with zero attached hydrogens (tertiary/aromatic N) is 1. The Kier molecular flexibility index (Phi) is 5.25. The lowest BCUT2D eigenvalue weighted by Gasteiger charge is -2.42. The van der Waals surface area contributed by atoms with Crippen LogP contribution >= 0.6 is 15.9 Å². The van der Waals surface area contributed by atoms with Crippen LogP contribution in [0.5, 0.6) is 0 Å². The van der Waals surface area contributed by atoms with Crippen molar-refractivity contribution in [3.63, 3.8) is 0 Å². The van der Waals surface area contributed by atoms with Gasteiger partial charge in [-0.25, -0.2) is 0 Å². The van der Waals surface area contributed by atoms with Crippen LogP contribution in [0.25, 0.3) is 0 Å². The lowest BCUT2D eigenvalue weighted by molar-refractivity contribution is -0.139. The fourth-order valence-electron chi connectivity index (χ4n) is 3.27. The number of aliphatic carboxylic acids is 1. The highest BCUT2D eigenvalue weighted by molar-refractivity contribution is 9.10. The summed E-state index contributed by atoms with van der Waals surface area (Å²) in [6, 6.07) is 6.02. The fraction of sp³-hybridized carbons (Fsp3) is 0.556. The number of carboxylic acid groups (broad SMARTS) is 1. The second-order valence-corrected chi connectivity index (χ2v) is 7.83. The van der Waals surface area contributed by atoms with Crippen LogP contribution in [0.1, 0.15) is 41.6 Å². The van der Waals surface area contributed by atoms with Gasteiger partial charge in [0.25, 0.3) is 5.91 Å². The lowest BCUT2D eigenvalue weighted by Crippen LogP contribution is -2.55. The molecule has 3 rings (SSSR count). The molecular formula is C18H23BrN2O3. The van der Waals surface area contributed by atoms with Crippen molar-refractivity contribution in [3.05, 3.63) is 33.8 Å². The molecule has 5 nitrogen and oxygen atoms in total. The van der Waals surface area contributed by atoms with Crippen molar-refractivity contribution in [2.24, 2.45) is 5.92 Å². The molecule has 6 heteroatoms. The number of hydrogen-bond donors (Lipinski definition) is 2. The van der Waals surface area contributed by atoms with Crippen molar-refractivity contribution in [2.45, 2.75) is 44.7 Å². The summed E-state index contributed by atoms with van der Waals surface area (Å²) < 4.78 is 0.929. The van der Waals surface area contributed by atoms with E-state index in [2.05, 4.69) is 26.1 Å². The third kappa shape index (κ3) is 4.16. The largest absolute Gasteiger partial charge is 0.480 e. The van der Waals surface area contributed by atoms with Gasteiger partial charge in [-0.2, -0.15) is 0 Å². The van der Waals surface area contributed by atoms with Gasteiger partial charge in [0, 0.05) is 28.7 Å². The Bertz CT molecular complexity index is 639. The number of rotatable bonds is 7. The van der Waals surface area contributed by atoms with Crippen molar-refractivity contribution in [2.75, 3.05) is 13.1 Å². The second kappa shape index (κ2) is 7.23. The molecule has 24 heavy (non-hydrogen) atoms. The average Bonchev–Trinajstić information content (AvgIpc) is 3.28. The minimum absolute atomic E-state index is 0.0516. The number of nitrogens with one attached hydrogen (secondary N) is 1. The Morgan fingerprint density at radius 1 is 1.33 bits per heavy atom. The molecule has 1 amide bonds. The zero-order valence-corrected chi connectivity index (χ0v) is 15.4. The van der Waals surface area contributed by atoms with E-state index in [1.54, 1.807) is 0 Å². The lowest BCUT2D eigenvalue weighted by atomic mass is 9.85. The molecular weight excluding hydrogens is 372 g/mol. The quantitative estimate of drug-likeness (QED) is 0.745. The Hall–Kier alpha value is -1.40. The van der Waals surface area contributed by atoms with Crippen LogP contribution in [0.4, 0.5) is 0 Å². The fourth-order valence-corrected chi connectivity index (χ4v) is 3.64. The maximum absolute atomic E-state index is 12.4. The van der Waals surface area contributed by atoms with Gasteiger partial charge in [0.05, 0.1) is 6.54 Å². The Morgan fingerprint density at radius 2 is 2.04 bits per heavy atom. The smallest absolute Gasteiger partial charge is 0.317 e. The summed E-state index contributed by atoms with van der Waals surface area (Å²) in [4.78, 5) is 25.6. The molecule has 0 aliphatic heterocycles. The maximum atomic E-state index is 12.4. The van der Waals surface area contributed by atoms with Gasteiger partial charge in [0.1, 0.15) is 0 Å². The number of benzene rings is 1. The molecule has 1 aromatic carbocycles. The van der Waals surface area contributed by atoms with Gasteiger partial charge in [0.15, 0.2) is 0 Å². The predicted octanol–water partition coefficient (Wildman–Crippen LogP) is 2.81. The minimum atomic E-state index is -0.770. The van der Waals surface area contributed by atoms with E-state index in [9.17, 15) is 9.59 Å². The molecule has 0 atom stereocenters. The molecule has 2 N–H and O–H groups in total. The van der Waals surface area contributed by atoms with E-state index in [4.69, 9.17) is 5.11 Å². The highest BCUT2D eigenvalue weighted by Gasteiger charge is 2.37. The minimum Gasteiger partial charge on any atom is -0.480 e. The summed E-state index contributed by atoms with van der Waals surface area (Å²) in [5.41, 5.74) is 1.63. The first-order valence-electron chi connectivity index (χ1n) is 8.46. The van der Waals surface area contributed by atoms with Crippen molar-refractivity contribution in [1.82, 2.24) is 10.2 Å². The van der Waals surface area contributed by atoms with Crippen molar-refractivity contribution in [1.29, 1.82) is 0 Å². The highest BCUT2D eigenvalue weighted by atomic mass is 79.9. The van der Waals surface area contributed by atoms with Crippen LogP contribution in [0.2, 0.25) is 0 Å². The number of carbonyl (C=O) groups excluding carboxylic acids is 1. The van der Waals surface area contributed by atoms with Gasteiger partial charge in [0.2, 0.25) is 0 Å². The number of hydrogen-bond acceptors (Lipinski definition) is 3. The normalized spacial score (nSPS) is 23.0. The Morgan fingerprint density at radius 3 is 2.67 bits per heavy atom. The summed E-state index contributed by atoms with van der Waals surface area (Å²) in [6.45, 7) is 2.90. The van der Waals surface area contributed by atoms with Gasteiger partial charge in [-0.15, -0.1) is 0 Å². The number of amides is 1. The summed E-state index contributed by atoms with van der Waals surface area (Å²) in [5.74, 6) is -0.153. The van der Waals surface area contributed by atoms with Crippen LogP contribution in [0.3, 0.4) is 0 Å². The van der Waals surface area contributed by atoms with E-state index < -0.39 is 5.97 Å². The highest BCUT2D eigenvalue weighted by Crippen LogP contribution is 2.34. The molecule has 130 valence electrons. The second-order valence-electron chi connectivity index (χ2n) is 6.97. The van der Waals surface area contributed by atoms with E-state index in [0.717, 1.165) is 29.4 Å². The monoisotopic (exact) mass is 394 g/mol. The van der Waals surface area contributed by atoms with E-state index in [0.29, 0.717) is 11.5 Å². The van der Waals surface area contributed by atoms with Crippen molar-refractivity contribution < 1.29 is 14.7 Å². The van der Waals surface area contributed by atoms with Crippen LogP contribution < -0.4 is 5.32 Å². The zero-order chi connectivity index (χ0) is 17.3. The van der Waals surface area contributed by atoms with Crippen LogP contribution in [-0.4, -0.2) is 47.1 Å². The molecule has 0 unspecified atom stereocenters. The van der Waals surface area contributed by atoms with Crippen molar-refractivity contribution >= 4 is 27.8 Å². The van der Waals surface area contributed by atoms with E-state index >= 15 is 0 Å². The Labute approximate surface area is 150 Å². The number of carboxylic acids is 1. The first kappa shape index (κ1) is 17.4. The van der Waals surface area contributed by atoms with Crippen LogP contribution in [0.15, 0.2) is 22.7 Å². The summed E-state index contributed by atoms with van der Waals surface area (Å²) >= 11 is 3.45. The summed E-state index contributed by atoms with van der Waals surface area (Å²) in [6.07, 6.45) is 4.09. The summed E-state index contributed by atoms with van der Waals surface area (Å²) in [5, 5.41) is 12.2. The topological polar surface area (TPSA) is 69.6 Å². The van der Waals surface area contributed by atoms with Gasteiger partial charge < -0.3 is 10.4 Å². The number of halogens is 1. The van der Waals surface area contributed by atoms with Crippen LogP contribution in [-0.2, 0) is 4.79 Å². The molecule has 0 heterocycles. The van der Waals surface area contributed by atoms with E-state index in [1.807, 2.05) is 25.1 Å². The molecule has 2 aliphatic rings. The average molecular weight is 395 g/mol. The first-order chi connectivity index (χ1) is 11.4. The Balaban J connectivity index is 1.52. The third-order valence-electron chi connectivity index (χ3n) is 5.01. The maximum Gasteiger partial charge on any atom is 0.317 e. The van der Waals surface area contributed by atoms with Gasteiger partial charge in [-0.3, -0.25) is 14.5 Å². The molecule has 2 fully saturated rings. The SMILES string of the molecule is Cc1c(Br)cccc1C(=O)NC1CC(N(CC(=O)O)CC2CC2)C1. The van der Waals surface area contributed by atoms with Crippen LogP contribution in [0, 0.1) is 12.8 Å². The third-order valence-corrected chi connectivity index (χ3v) is 5.86. The molecule has 0 bridgehead atoms. The van der Waals surface area contributed by atoms with E-state index in [-0.39, 0.29) is 24.5 Å². The first-order valence-corrected chi connectivity index (χ1v) is 9.25. The molecule has 0 spiro atoms. The van der Waals surface area contributed by atoms with E-state index in [1.165, 1.54) is 12.8 Å². The zero-order valence-electron chi connectivity index (χ0n) is 13.8. The van der Waals surface area contributed by atoms with Gasteiger partial charge >= 0.3 is 5.97 Å². The standard InChI is InChI=1S/C18H23BrN2O3/c1-11-15(3-2-4-16(11)19)18(24)20-13-7-14(8-13)21(10-17(22)23)9-12-5-6-12/h2-4,12-14H,5-10H2,1H3,(H,20,24)(H,22,23). The molecule has 1 aromatic rings. The molecule has 2 aliphatic carbocycles. The molecule has 0 saturated heterocycles. The molecule has 2 saturated carbocycles. The molecule has 0 aromatic heterocycles. The summed E-state index contributed by atoms with van der Waals surface area (Å²) in [7, 11) is 0. The van der Waals surface area contributed by atoms with Gasteiger partial charge in [-0.1, -0.05) is 22.0 Å². The predicted molar refractivity (Wildman–Crippen MR) is 95.1 cm³/mol. The molecule has 0 radical (unpaired) electrons. The van der Waals surface area contributed by atoms with Gasteiger partial charge in [-0.05, 0) is 56.2 Å². The number of carbonyl (C=O) groups is 2. The van der Waals surface area contributed by atoms with Crippen molar-refractivity contribution in [3.8, 4) is 0 Å².